The van der Waals surface area contributed by atoms with E-state index in [2.05, 4.69) is 34.1 Å². The van der Waals surface area contributed by atoms with E-state index in [1.165, 1.54) is 0 Å². The first-order chi connectivity index (χ1) is 9.62. The molecule has 0 spiro atoms. The zero-order chi connectivity index (χ0) is 14.6. The number of rotatable bonds is 8. The van der Waals surface area contributed by atoms with E-state index >= 15 is 0 Å². The van der Waals surface area contributed by atoms with Gasteiger partial charge in [0.25, 0.3) is 0 Å². The number of aliphatic hydroxyl groups excluding tert-OH is 1. The number of nitrogens with zero attached hydrogens (tertiary/aromatic N) is 4. The number of hydrogen-bond donors (Lipinski definition) is 2. The lowest BCUT2D eigenvalue weighted by molar-refractivity contribution is 0.253. The lowest BCUT2D eigenvalue weighted by Gasteiger charge is -2.19. The van der Waals surface area contributed by atoms with Crippen molar-refractivity contribution < 1.29 is 5.11 Å². The quantitative estimate of drug-likeness (QED) is 0.764. The van der Waals surface area contributed by atoms with Crippen molar-refractivity contribution in [1.29, 1.82) is 0 Å². The summed E-state index contributed by atoms with van der Waals surface area (Å²) >= 11 is 5.97. The predicted octanol–water partition coefficient (Wildman–Crippen LogP) is 1.95. The molecular formula is C13H22ClN5O. The zero-order valence-corrected chi connectivity index (χ0v) is 12.8. The molecule has 1 aromatic heterocycles. The van der Waals surface area contributed by atoms with Crippen LogP contribution in [-0.4, -0.2) is 46.3 Å². The Morgan fingerprint density at radius 3 is 2.50 bits per heavy atom. The van der Waals surface area contributed by atoms with E-state index in [9.17, 15) is 0 Å². The van der Waals surface area contributed by atoms with Crippen molar-refractivity contribution in [1.82, 2.24) is 15.0 Å². The third-order valence-electron chi connectivity index (χ3n) is 3.86. The highest BCUT2D eigenvalue weighted by atomic mass is 35.5. The number of aromatic nitrogens is 3. The van der Waals surface area contributed by atoms with Gasteiger partial charge in [0, 0.05) is 26.2 Å². The minimum Gasteiger partial charge on any atom is -0.396 e. The van der Waals surface area contributed by atoms with E-state index in [-0.39, 0.29) is 17.3 Å². The topological polar surface area (TPSA) is 74.2 Å². The minimum absolute atomic E-state index is 0.205. The van der Waals surface area contributed by atoms with Crippen LogP contribution in [0, 0.1) is 5.41 Å². The summed E-state index contributed by atoms with van der Waals surface area (Å²) in [6, 6.07) is 0. The summed E-state index contributed by atoms with van der Waals surface area (Å²) in [7, 11) is 0. The molecule has 0 unspecified atom stereocenters. The summed E-state index contributed by atoms with van der Waals surface area (Å²) < 4.78 is 0. The highest BCUT2D eigenvalue weighted by Crippen LogP contribution is 2.48. The molecule has 6 nitrogen and oxygen atoms in total. The van der Waals surface area contributed by atoms with Crippen LogP contribution >= 0.6 is 11.6 Å². The molecule has 1 aliphatic rings. The van der Waals surface area contributed by atoms with E-state index in [4.69, 9.17) is 16.7 Å². The van der Waals surface area contributed by atoms with Gasteiger partial charge in [-0.25, -0.2) is 0 Å². The van der Waals surface area contributed by atoms with Gasteiger partial charge in [0.2, 0.25) is 17.2 Å². The van der Waals surface area contributed by atoms with Gasteiger partial charge in [-0.3, -0.25) is 0 Å². The molecule has 2 N–H and O–H groups in total. The average Bonchev–Trinajstić information content (AvgIpc) is 3.18. The summed E-state index contributed by atoms with van der Waals surface area (Å²) in [5.41, 5.74) is 0.212. The summed E-state index contributed by atoms with van der Waals surface area (Å²) in [6.07, 6.45) is 3.10. The van der Waals surface area contributed by atoms with Gasteiger partial charge in [0.05, 0.1) is 0 Å². The summed E-state index contributed by atoms with van der Waals surface area (Å²) in [5, 5.41) is 12.5. The molecule has 0 atom stereocenters. The highest BCUT2D eigenvalue weighted by molar-refractivity contribution is 6.28. The molecule has 1 aromatic rings. The van der Waals surface area contributed by atoms with Crippen LogP contribution in [0.2, 0.25) is 5.28 Å². The van der Waals surface area contributed by atoms with Crippen LogP contribution in [-0.2, 0) is 0 Å². The molecule has 7 heteroatoms. The fourth-order valence-corrected chi connectivity index (χ4v) is 2.42. The van der Waals surface area contributed by atoms with Gasteiger partial charge in [-0.2, -0.15) is 15.0 Å². The number of anilines is 2. The minimum atomic E-state index is 0.205. The Morgan fingerprint density at radius 1 is 1.25 bits per heavy atom. The third-order valence-corrected chi connectivity index (χ3v) is 4.03. The second-order valence-electron chi connectivity index (χ2n) is 5.23. The molecule has 2 rings (SSSR count). The Morgan fingerprint density at radius 2 is 1.95 bits per heavy atom. The molecule has 1 aliphatic carbocycles. The molecule has 0 aromatic carbocycles. The lowest BCUT2D eigenvalue weighted by Crippen LogP contribution is -2.25. The van der Waals surface area contributed by atoms with Crippen LogP contribution in [0.1, 0.15) is 33.1 Å². The molecule has 0 saturated heterocycles. The molecule has 112 valence electrons. The summed E-state index contributed by atoms with van der Waals surface area (Å²) in [5.74, 6) is 1.11. The van der Waals surface area contributed by atoms with E-state index in [1.54, 1.807) is 0 Å². The van der Waals surface area contributed by atoms with Crippen molar-refractivity contribution in [3.05, 3.63) is 5.28 Å². The zero-order valence-electron chi connectivity index (χ0n) is 12.1. The van der Waals surface area contributed by atoms with E-state index in [0.29, 0.717) is 11.9 Å². The van der Waals surface area contributed by atoms with Gasteiger partial charge in [-0.05, 0) is 50.1 Å². The molecule has 0 bridgehead atoms. The van der Waals surface area contributed by atoms with Crippen LogP contribution in [0.3, 0.4) is 0 Å². The number of nitrogens with one attached hydrogen (secondary N) is 1. The Kier molecular flexibility index (Phi) is 4.99. The van der Waals surface area contributed by atoms with Crippen LogP contribution in [0.15, 0.2) is 0 Å². The van der Waals surface area contributed by atoms with Gasteiger partial charge < -0.3 is 15.3 Å². The molecule has 0 radical (unpaired) electrons. The van der Waals surface area contributed by atoms with Crippen molar-refractivity contribution in [3.63, 3.8) is 0 Å². The summed E-state index contributed by atoms with van der Waals surface area (Å²) in [6.45, 7) is 6.74. The van der Waals surface area contributed by atoms with Gasteiger partial charge in [0.1, 0.15) is 0 Å². The molecule has 0 amide bonds. The van der Waals surface area contributed by atoms with Gasteiger partial charge >= 0.3 is 0 Å². The van der Waals surface area contributed by atoms with Gasteiger partial charge in [-0.15, -0.1) is 0 Å². The molecule has 1 fully saturated rings. The smallest absolute Gasteiger partial charge is 0.231 e. The molecular weight excluding hydrogens is 278 g/mol. The van der Waals surface area contributed by atoms with Crippen molar-refractivity contribution in [2.24, 2.45) is 5.41 Å². The van der Waals surface area contributed by atoms with Crippen LogP contribution in [0.25, 0.3) is 0 Å². The predicted molar refractivity (Wildman–Crippen MR) is 80.3 cm³/mol. The third kappa shape index (κ3) is 3.70. The fourth-order valence-electron chi connectivity index (χ4n) is 2.26. The SMILES string of the molecule is CCN(CC)c1nc(Cl)nc(NCC2(CCO)CC2)n1. The Hall–Kier alpha value is -1.14. The average molecular weight is 300 g/mol. The molecule has 1 saturated carbocycles. The van der Waals surface area contributed by atoms with E-state index < -0.39 is 0 Å². The van der Waals surface area contributed by atoms with Crippen molar-refractivity contribution in [2.75, 3.05) is 36.5 Å². The number of hydrogen-bond acceptors (Lipinski definition) is 6. The van der Waals surface area contributed by atoms with Crippen molar-refractivity contribution >= 4 is 23.5 Å². The normalized spacial score (nSPS) is 16.0. The highest BCUT2D eigenvalue weighted by Gasteiger charge is 2.41. The number of halogens is 1. The van der Waals surface area contributed by atoms with Gasteiger partial charge in [0.15, 0.2) is 0 Å². The van der Waals surface area contributed by atoms with Crippen molar-refractivity contribution in [3.8, 4) is 0 Å². The maximum Gasteiger partial charge on any atom is 0.231 e. The summed E-state index contributed by atoms with van der Waals surface area (Å²) in [4.78, 5) is 14.7. The van der Waals surface area contributed by atoms with Crippen molar-refractivity contribution in [2.45, 2.75) is 33.1 Å². The fraction of sp³-hybridized carbons (Fsp3) is 0.769. The second kappa shape index (κ2) is 6.54. The first kappa shape index (κ1) is 15.3. The molecule has 20 heavy (non-hydrogen) atoms. The first-order valence-electron chi connectivity index (χ1n) is 7.13. The monoisotopic (exact) mass is 299 g/mol. The van der Waals surface area contributed by atoms with Crippen LogP contribution < -0.4 is 10.2 Å². The van der Waals surface area contributed by atoms with Crippen LogP contribution in [0.5, 0.6) is 0 Å². The second-order valence-corrected chi connectivity index (χ2v) is 5.57. The molecule has 0 aliphatic heterocycles. The molecule has 1 heterocycles. The number of aliphatic hydroxyl groups is 1. The van der Waals surface area contributed by atoms with E-state index in [0.717, 1.165) is 38.9 Å². The maximum atomic E-state index is 9.07. The van der Waals surface area contributed by atoms with E-state index in [1.807, 2.05) is 4.90 Å². The lowest BCUT2D eigenvalue weighted by atomic mass is 10.0. The Balaban J connectivity index is 2.04. The van der Waals surface area contributed by atoms with Crippen LogP contribution in [0.4, 0.5) is 11.9 Å². The maximum absolute atomic E-state index is 9.07. The standard InChI is InChI=1S/C13H22ClN5O/c1-3-19(4-2)12-17-10(14)16-11(18-12)15-9-13(5-6-13)7-8-20/h20H,3-9H2,1-2H3,(H,15,16,17,18). The first-order valence-corrected chi connectivity index (χ1v) is 7.51. The Bertz CT molecular complexity index is 448. The van der Waals surface area contributed by atoms with Gasteiger partial charge in [-0.1, -0.05) is 0 Å². The Labute approximate surface area is 124 Å². The largest absolute Gasteiger partial charge is 0.396 e.